The van der Waals surface area contributed by atoms with Gasteiger partial charge < -0.3 is 10.2 Å². The van der Waals surface area contributed by atoms with Crippen LogP contribution in [-0.4, -0.2) is 22.4 Å². The second kappa shape index (κ2) is 1.71. The molecule has 1 saturated carbocycles. The lowest BCUT2D eigenvalue weighted by molar-refractivity contribution is -0.0722. The van der Waals surface area contributed by atoms with Crippen LogP contribution in [0.15, 0.2) is 0 Å². The van der Waals surface area contributed by atoms with Gasteiger partial charge in [-0.3, -0.25) is 0 Å². The molecule has 0 saturated heterocycles. The Morgan fingerprint density at radius 3 is 2.25 bits per heavy atom. The minimum Gasteiger partial charge on any atom is -0.396 e. The molecule has 0 unspecified atom stereocenters. The van der Waals surface area contributed by atoms with Crippen LogP contribution in [0.3, 0.4) is 0 Å². The summed E-state index contributed by atoms with van der Waals surface area (Å²) >= 11 is 0. The summed E-state index contributed by atoms with van der Waals surface area (Å²) in [6, 6.07) is 0. The molecule has 2 N–H and O–H groups in total. The zero-order chi connectivity index (χ0) is 6.20. The molecule has 0 spiro atoms. The quantitative estimate of drug-likeness (QED) is 0.511. The molecule has 0 aromatic rings. The molecule has 2 heteroatoms. The summed E-state index contributed by atoms with van der Waals surface area (Å²) in [6.45, 7) is 2.04. The van der Waals surface area contributed by atoms with Crippen LogP contribution in [-0.2, 0) is 0 Å². The second-order valence-electron chi connectivity index (χ2n) is 2.95. The molecule has 48 valence electrons. The summed E-state index contributed by atoms with van der Waals surface area (Å²) in [5.74, 6) is 0.366. The zero-order valence-electron chi connectivity index (χ0n) is 5.09. The minimum atomic E-state index is -0.465. The number of hydrogen-bond acceptors (Lipinski definition) is 2. The summed E-state index contributed by atoms with van der Waals surface area (Å²) in [7, 11) is 0. The third-order valence-corrected chi connectivity index (χ3v) is 1.72. The molecule has 1 aliphatic carbocycles. The van der Waals surface area contributed by atoms with Crippen molar-refractivity contribution in [2.75, 3.05) is 6.61 Å². The van der Waals surface area contributed by atoms with Crippen molar-refractivity contribution in [3.05, 3.63) is 0 Å². The summed E-state index contributed by atoms with van der Waals surface area (Å²) < 4.78 is 0. The first-order chi connectivity index (χ1) is 3.64. The number of rotatable bonds is 1. The van der Waals surface area contributed by atoms with E-state index in [4.69, 9.17) is 10.2 Å². The van der Waals surface area contributed by atoms with Crippen molar-refractivity contribution in [1.29, 1.82) is 0 Å². The second-order valence-corrected chi connectivity index (χ2v) is 2.95. The highest BCUT2D eigenvalue weighted by atomic mass is 16.3. The molecule has 8 heavy (non-hydrogen) atoms. The maximum absolute atomic E-state index is 9.10. The highest BCUT2D eigenvalue weighted by molar-refractivity contribution is 4.89. The van der Waals surface area contributed by atoms with Crippen molar-refractivity contribution in [3.8, 4) is 0 Å². The largest absolute Gasteiger partial charge is 0.396 e. The lowest BCUT2D eigenvalue weighted by Crippen LogP contribution is -2.42. The van der Waals surface area contributed by atoms with Crippen molar-refractivity contribution in [2.45, 2.75) is 25.4 Å². The first-order valence-electron chi connectivity index (χ1n) is 2.97. The minimum absolute atomic E-state index is 0.232. The average Bonchev–Trinajstić information content (AvgIpc) is 1.60. The van der Waals surface area contributed by atoms with Gasteiger partial charge >= 0.3 is 0 Å². The van der Waals surface area contributed by atoms with Gasteiger partial charge in [0.1, 0.15) is 0 Å². The highest BCUT2D eigenvalue weighted by Crippen LogP contribution is 2.36. The van der Waals surface area contributed by atoms with Gasteiger partial charge in [-0.15, -0.1) is 0 Å². The van der Waals surface area contributed by atoms with Crippen molar-refractivity contribution in [3.63, 3.8) is 0 Å². The van der Waals surface area contributed by atoms with E-state index >= 15 is 0 Å². The smallest absolute Gasteiger partial charge is 0.0626 e. The van der Waals surface area contributed by atoms with E-state index in [1.165, 1.54) is 0 Å². The molecule has 0 aliphatic heterocycles. The number of hydrogen-bond donors (Lipinski definition) is 2. The van der Waals surface area contributed by atoms with Crippen LogP contribution in [0.1, 0.15) is 19.8 Å². The zero-order valence-corrected chi connectivity index (χ0v) is 5.09. The van der Waals surface area contributed by atoms with Crippen LogP contribution in [0.5, 0.6) is 0 Å². The van der Waals surface area contributed by atoms with Gasteiger partial charge in [0.15, 0.2) is 0 Å². The molecular weight excluding hydrogens is 104 g/mol. The molecular formula is C6H12O2. The van der Waals surface area contributed by atoms with Gasteiger partial charge in [0.25, 0.3) is 0 Å². The molecule has 0 radical (unpaired) electrons. The van der Waals surface area contributed by atoms with Gasteiger partial charge in [-0.1, -0.05) is 0 Å². The fraction of sp³-hybridized carbons (Fsp3) is 1.00. The van der Waals surface area contributed by atoms with Gasteiger partial charge in [0.05, 0.1) is 5.60 Å². The van der Waals surface area contributed by atoms with E-state index in [0.29, 0.717) is 5.92 Å². The third-order valence-electron chi connectivity index (χ3n) is 1.72. The summed E-state index contributed by atoms with van der Waals surface area (Å²) in [5.41, 5.74) is -0.465. The van der Waals surface area contributed by atoms with E-state index in [0.717, 1.165) is 12.8 Å². The lowest BCUT2D eigenvalue weighted by Gasteiger charge is -2.39. The fourth-order valence-electron chi connectivity index (χ4n) is 1.31. The molecule has 0 atom stereocenters. The molecule has 0 heterocycles. The summed E-state index contributed by atoms with van der Waals surface area (Å²) in [6.07, 6.45) is 1.53. The van der Waals surface area contributed by atoms with E-state index in [1.807, 2.05) is 0 Å². The number of aliphatic hydroxyl groups is 2. The predicted molar refractivity (Wildman–Crippen MR) is 30.4 cm³/mol. The predicted octanol–water partition coefficient (Wildman–Crippen LogP) is 0.140. The Hall–Kier alpha value is -0.0800. The molecule has 0 bridgehead atoms. The monoisotopic (exact) mass is 116 g/mol. The van der Waals surface area contributed by atoms with Gasteiger partial charge in [-0.2, -0.15) is 0 Å². The van der Waals surface area contributed by atoms with E-state index in [9.17, 15) is 0 Å². The van der Waals surface area contributed by atoms with E-state index < -0.39 is 5.60 Å². The van der Waals surface area contributed by atoms with Crippen molar-refractivity contribution < 1.29 is 10.2 Å². The molecule has 0 aromatic heterocycles. The molecule has 1 fully saturated rings. The van der Waals surface area contributed by atoms with E-state index in [2.05, 4.69) is 0 Å². The standard InChI is InChI=1S/C6H12O2/c1-6(8)2-5(3-6)4-7/h5,7-8H,2-4H2,1H3. The van der Waals surface area contributed by atoms with Crippen LogP contribution in [0.4, 0.5) is 0 Å². The SMILES string of the molecule is CC1(O)CC(CO)C1. The molecule has 0 amide bonds. The number of aliphatic hydroxyl groups excluding tert-OH is 1. The maximum atomic E-state index is 9.10. The van der Waals surface area contributed by atoms with Crippen molar-refractivity contribution >= 4 is 0 Å². The van der Waals surface area contributed by atoms with E-state index in [1.54, 1.807) is 6.92 Å². The Morgan fingerprint density at radius 1 is 1.62 bits per heavy atom. The van der Waals surface area contributed by atoms with Crippen molar-refractivity contribution in [2.24, 2.45) is 5.92 Å². The fourth-order valence-corrected chi connectivity index (χ4v) is 1.31. The van der Waals surface area contributed by atoms with Crippen LogP contribution in [0.25, 0.3) is 0 Å². The lowest BCUT2D eigenvalue weighted by atomic mass is 9.73. The average molecular weight is 116 g/mol. The third kappa shape index (κ3) is 1.01. The Labute approximate surface area is 49.1 Å². The van der Waals surface area contributed by atoms with Crippen LogP contribution in [0, 0.1) is 5.92 Å². The van der Waals surface area contributed by atoms with Gasteiger partial charge in [-0.25, -0.2) is 0 Å². The topological polar surface area (TPSA) is 40.5 Å². The normalized spacial score (nSPS) is 46.1. The molecule has 0 aromatic carbocycles. The summed E-state index contributed by atoms with van der Waals surface area (Å²) in [4.78, 5) is 0. The Balaban J connectivity index is 2.21. The van der Waals surface area contributed by atoms with Crippen LogP contribution < -0.4 is 0 Å². The van der Waals surface area contributed by atoms with Crippen LogP contribution >= 0.6 is 0 Å². The van der Waals surface area contributed by atoms with Crippen LogP contribution in [0.2, 0.25) is 0 Å². The van der Waals surface area contributed by atoms with E-state index in [-0.39, 0.29) is 6.61 Å². The first-order valence-corrected chi connectivity index (χ1v) is 2.97. The molecule has 2 nitrogen and oxygen atoms in total. The maximum Gasteiger partial charge on any atom is 0.0626 e. The van der Waals surface area contributed by atoms with Gasteiger partial charge in [-0.05, 0) is 25.7 Å². The summed E-state index contributed by atoms with van der Waals surface area (Å²) in [5, 5.41) is 17.6. The molecule has 1 rings (SSSR count). The van der Waals surface area contributed by atoms with Gasteiger partial charge in [0, 0.05) is 6.61 Å². The highest BCUT2D eigenvalue weighted by Gasteiger charge is 2.37. The Kier molecular flexibility index (Phi) is 1.29. The molecule has 1 aliphatic rings. The van der Waals surface area contributed by atoms with Crippen molar-refractivity contribution in [1.82, 2.24) is 0 Å². The van der Waals surface area contributed by atoms with Gasteiger partial charge in [0.2, 0.25) is 0 Å². The Bertz CT molecular complexity index is 80.5. The first kappa shape index (κ1) is 6.05. The Morgan fingerprint density at radius 2 is 2.12 bits per heavy atom.